The first-order valence-electron chi connectivity index (χ1n) is 7.79. The summed E-state index contributed by atoms with van der Waals surface area (Å²) >= 11 is 0. The minimum absolute atomic E-state index is 0. The maximum absolute atomic E-state index is 12.1. The van der Waals surface area contributed by atoms with Gasteiger partial charge in [-0.3, -0.25) is 4.98 Å². The summed E-state index contributed by atoms with van der Waals surface area (Å²) < 4.78 is 0. The number of pyridine rings is 1. The molecule has 0 aliphatic rings. The van der Waals surface area contributed by atoms with Crippen LogP contribution in [0, 0.1) is 0 Å². The summed E-state index contributed by atoms with van der Waals surface area (Å²) in [5.41, 5.74) is 3.50. The Morgan fingerprint density at radius 1 is 0.680 bits per heavy atom. The van der Waals surface area contributed by atoms with Crippen LogP contribution in [0.2, 0.25) is 0 Å². The quantitative estimate of drug-likeness (QED) is 0.541. The Morgan fingerprint density at radius 3 is 1.88 bits per heavy atom. The molecule has 0 saturated carbocycles. The van der Waals surface area contributed by atoms with Crippen LogP contribution in [0.15, 0.2) is 91.1 Å². The molecule has 116 valence electrons. The van der Waals surface area contributed by atoms with Gasteiger partial charge in [-0.05, 0) is 42.5 Å². The number of hydrogen-bond acceptors (Lipinski definition) is 3. The zero-order valence-corrected chi connectivity index (χ0v) is 14.0. The molecule has 0 aliphatic heterocycles. The van der Waals surface area contributed by atoms with Crippen LogP contribution < -0.4 is 28.9 Å². The predicted molar refractivity (Wildman–Crippen MR) is 95.9 cm³/mol. The van der Waals surface area contributed by atoms with E-state index in [1.54, 1.807) is 12.3 Å². The van der Waals surface area contributed by atoms with Crippen molar-refractivity contribution in [1.82, 2.24) is 4.98 Å². The topological polar surface area (TPSA) is 39.2 Å². The Kier molecular flexibility index (Phi) is 5.09. The molecule has 0 saturated heterocycles. The van der Waals surface area contributed by atoms with Crippen molar-refractivity contribution >= 4 is 28.0 Å². The number of aromatic nitrogens is 1. The average Bonchev–Trinajstić information content (AvgIpc) is 2.66. The largest absolute Gasteiger partial charge is 1.00 e. The molecular formula is C21H15LiN2O. The summed E-state index contributed by atoms with van der Waals surface area (Å²) in [6, 6.07) is 27.5. The maximum Gasteiger partial charge on any atom is 1.00 e. The Balaban J connectivity index is 0.00000182. The van der Waals surface area contributed by atoms with E-state index in [-0.39, 0.29) is 24.6 Å². The van der Waals surface area contributed by atoms with Crippen LogP contribution in [0.25, 0.3) is 10.9 Å². The van der Waals surface area contributed by atoms with Crippen LogP contribution in [0.1, 0.15) is 0 Å². The predicted octanol–water partition coefficient (Wildman–Crippen LogP) is 1.78. The van der Waals surface area contributed by atoms with Crippen molar-refractivity contribution in [2.45, 2.75) is 0 Å². The Hall–Kier alpha value is -2.73. The summed E-state index contributed by atoms with van der Waals surface area (Å²) in [5, 5.41) is 13.0. The van der Waals surface area contributed by atoms with Crippen molar-refractivity contribution in [2.24, 2.45) is 0 Å². The second kappa shape index (κ2) is 7.44. The fourth-order valence-electron chi connectivity index (χ4n) is 2.91. The molecule has 0 amide bonds. The molecule has 0 N–H and O–H groups in total. The Bertz CT molecular complexity index is 935. The number of rotatable bonds is 3. The molecule has 4 heteroatoms. The van der Waals surface area contributed by atoms with Crippen LogP contribution >= 0.6 is 0 Å². The van der Waals surface area contributed by atoms with Crippen LogP contribution in [-0.4, -0.2) is 4.98 Å². The van der Waals surface area contributed by atoms with Crippen LogP contribution in [0.5, 0.6) is 5.75 Å². The van der Waals surface area contributed by atoms with E-state index in [2.05, 4.69) is 34.1 Å². The number of fused-ring (bicyclic) bond motifs is 1. The summed E-state index contributed by atoms with van der Waals surface area (Å²) in [7, 11) is 0. The number of para-hydroxylation sites is 2. The molecule has 0 aliphatic carbocycles. The van der Waals surface area contributed by atoms with E-state index in [0.29, 0.717) is 5.52 Å². The molecule has 1 heterocycles. The second-order valence-corrected chi connectivity index (χ2v) is 5.49. The van der Waals surface area contributed by atoms with Gasteiger partial charge < -0.3 is 10.0 Å². The van der Waals surface area contributed by atoms with Crippen LogP contribution in [0.3, 0.4) is 0 Å². The molecule has 3 aromatic carbocycles. The van der Waals surface area contributed by atoms with Gasteiger partial charge in [-0.1, -0.05) is 48.2 Å². The van der Waals surface area contributed by atoms with E-state index >= 15 is 0 Å². The van der Waals surface area contributed by atoms with E-state index in [0.717, 1.165) is 22.4 Å². The molecule has 3 nitrogen and oxygen atoms in total. The smallest absolute Gasteiger partial charge is 0.871 e. The minimum Gasteiger partial charge on any atom is -0.871 e. The minimum atomic E-state index is -0.0598. The van der Waals surface area contributed by atoms with Gasteiger partial charge in [0, 0.05) is 23.0 Å². The molecule has 0 unspecified atom stereocenters. The van der Waals surface area contributed by atoms with Crippen molar-refractivity contribution in [3.8, 4) is 5.75 Å². The first kappa shape index (κ1) is 17.1. The number of nitrogens with zero attached hydrogens (tertiary/aromatic N) is 2. The Labute approximate surface area is 158 Å². The van der Waals surface area contributed by atoms with Crippen molar-refractivity contribution in [3.63, 3.8) is 0 Å². The molecule has 4 aromatic rings. The SMILES string of the molecule is [Li+].[O-]c1ccc(N(c2ccccc2)c2ccccc2)c2cccnc12. The van der Waals surface area contributed by atoms with E-state index in [1.165, 1.54) is 0 Å². The van der Waals surface area contributed by atoms with Crippen LogP contribution in [0.4, 0.5) is 17.1 Å². The summed E-state index contributed by atoms with van der Waals surface area (Å²) in [5.74, 6) is -0.0598. The van der Waals surface area contributed by atoms with E-state index in [1.807, 2.05) is 54.6 Å². The standard InChI is InChI=1S/C21H16N2O.Li/c24-20-14-13-19(18-12-7-15-22-21(18)20)23(16-8-3-1-4-9-16)17-10-5-2-6-11-17;/h1-15,24H;/q;+1/p-1. The molecule has 25 heavy (non-hydrogen) atoms. The Morgan fingerprint density at radius 2 is 1.28 bits per heavy atom. The normalized spacial score (nSPS) is 10.2. The first-order valence-corrected chi connectivity index (χ1v) is 7.79. The zero-order chi connectivity index (χ0) is 16.4. The van der Waals surface area contributed by atoms with Crippen molar-refractivity contribution in [1.29, 1.82) is 0 Å². The zero-order valence-electron chi connectivity index (χ0n) is 14.0. The molecule has 0 spiro atoms. The van der Waals surface area contributed by atoms with Gasteiger partial charge in [0.05, 0.1) is 11.2 Å². The number of hydrogen-bond donors (Lipinski definition) is 0. The summed E-state index contributed by atoms with van der Waals surface area (Å²) in [6.07, 6.45) is 1.66. The summed E-state index contributed by atoms with van der Waals surface area (Å²) in [6.45, 7) is 0. The van der Waals surface area contributed by atoms with Gasteiger partial charge in [0.25, 0.3) is 0 Å². The molecule has 0 bridgehead atoms. The summed E-state index contributed by atoms with van der Waals surface area (Å²) in [4.78, 5) is 6.41. The van der Waals surface area contributed by atoms with Crippen molar-refractivity contribution in [2.75, 3.05) is 4.90 Å². The fourth-order valence-corrected chi connectivity index (χ4v) is 2.91. The van der Waals surface area contributed by atoms with Gasteiger partial charge >= 0.3 is 18.9 Å². The first-order chi connectivity index (χ1) is 11.8. The van der Waals surface area contributed by atoms with Gasteiger partial charge in [0.1, 0.15) is 0 Å². The number of anilines is 3. The second-order valence-electron chi connectivity index (χ2n) is 5.49. The third kappa shape index (κ3) is 3.25. The monoisotopic (exact) mass is 318 g/mol. The van der Waals surface area contributed by atoms with Crippen LogP contribution in [-0.2, 0) is 0 Å². The average molecular weight is 318 g/mol. The maximum atomic E-state index is 12.1. The van der Waals surface area contributed by atoms with Gasteiger partial charge in [0.2, 0.25) is 0 Å². The van der Waals surface area contributed by atoms with E-state index in [9.17, 15) is 5.11 Å². The van der Waals surface area contributed by atoms with Gasteiger partial charge in [0.15, 0.2) is 0 Å². The fraction of sp³-hybridized carbons (Fsp3) is 0. The van der Waals surface area contributed by atoms with Crippen molar-refractivity contribution < 1.29 is 24.0 Å². The van der Waals surface area contributed by atoms with E-state index < -0.39 is 0 Å². The molecule has 0 fully saturated rings. The molecule has 4 rings (SSSR count). The van der Waals surface area contributed by atoms with Crippen molar-refractivity contribution in [3.05, 3.63) is 91.1 Å². The third-order valence-corrected chi connectivity index (χ3v) is 3.98. The van der Waals surface area contributed by atoms with E-state index in [4.69, 9.17) is 0 Å². The van der Waals surface area contributed by atoms with Gasteiger partial charge in [-0.25, -0.2) is 0 Å². The van der Waals surface area contributed by atoms with Gasteiger partial charge in [-0.2, -0.15) is 0 Å². The third-order valence-electron chi connectivity index (χ3n) is 3.98. The molecule has 0 radical (unpaired) electrons. The molecular weight excluding hydrogens is 303 g/mol. The number of benzene rings is 3. The molecule has 0 atom stereocenters. The molecule has 1 aromatic heterocycles. The van der Waals surface area contributed by atoms with Gasteiger partial charge in [-0.15, -0.1) is 0 Å².